The van der Waals surface area contributed by atoms with Crippen molar-refractivity contribution >= 4 is 32.3 Å². The number of non-ortho nitro benzene ring substituents is 1. The van der Waals surface area contributed by atoms with Crippen molar-refractivity contribution in [3.05, 3.63) is 39.3 Å². The molecule has 0 saturated heterocycles. The molecule has 0 aliphatic rings. The van der Waals surface area contributed by atoms with Crippen LogP contribution in [0.2, 0.25) is 0 Å². The summed E-state index contributed by atoms with van der Waals surface area (Å²) in [6.45, 7) is 0. The van der Waals surface area contributed by atoms with Crippen LogP contribution in [0.1, 0.15) is 0 Å². The van der Waals surface area contributed by atoms with Crippen LogP contribution in [0.4, 0.5) is 11.4 Å². The fourth-order valence-corrected chi connectivity index (χ4v) is 2.54. The van der Waals surface area contributed by atoms with Crippen LogP contribution < -0.4 is 64.5 Å². The van der Waals surface area contributed by atoms with Crippen molar-refractivity contribution < 1.29 is 82.1 Å². The van der Waals surface area contributed by atoms with Crippen LogP contribution in [0, 0.1) is 15.0 Å². The average Bonchev–Trinajstić information content (AvgIpc) is 2.39. The van der Waals surface area contributed by atoms with Crippen molar-refractivity contribution in [2.24, 2.45) is 5.29 Å². The Morgan fingerprint density at radius 1 is 1.17 bits per heavy atom. The molecule has 0 saturated carbocycles. The molecular weight excluding hydrogens is 352 g/mol. The third kappa shape index (κ3) is 4.61. The number of fused-ring (bicyclic) bond motifs is 1. The Kier molecular flexibility index (Phi) is 8.06. The summed E-state index contributed by atoms with van der Waals surface area (Å²) in [6.07, 6.45) is 0. The molecule has 2 aromatic rings. The molecule has 0 aliphatic carbocycles. The maximum Gasteiger partial charge on any atom is 1.00 e. The van der Waals surface area contributed by atoms with Crippen molar-refractivity contribution in [1.82, 2.24) is 0 Å². The number of hydrogen-bond donors (Lipinski definition) is 2. The largest absolute Gasteiger partial charge is 1.00 e. The van der Waals surface area contributed by atoms with Crippen LogP contribution >= 0.6 is 0 Å². The summed E-state index contributed by atoms with van der Waals surface area (Å²) in [5, 5.41) is 22.4. The van der Waals surface area contributed by atoms with Crippen LogP contribution in [0.25, 0.3) is 10.8 Å². The fraction of sp³-hybridized carbons (Fsp3) is 0. The molecule has 2 rings (SSSR count). The zero-order chi connectivity index (χ0) is 15.8. The first-order valence-corrected chi connectivity index (χ1v) is 6.65. The van der Waals surface area contributed by atoms with Crippen LogP contribution in [-0.2, 0) is 10.1 Å². The number of phenols is 1. The van der Waals surface area contributed by atoms with E-state index in [4.69, 9.17) is 0 Å². The molecule has 23 heavy (non-hydrogen) atoms. The van der Waals surface area contributed by atoms with Crippen molar-refractivity contribution in [3.63, 3.8) is 0 Å². The Balaban J connectivity index is 0.00000242. The maximum absolute atomic E-state index is 11.2. The van der Waals surface area contributed by atoms with Gasteiger partial charge in [-0.1, -0.05) is 0 Å². The van der Waals surface area contributed by atoms with Gasteiger partial charge in [-0.25, -0.2) is 13.8 Å². The summed E-state index contributed by atoms with van der Waals surface area (Å²) < 4.78 is 33.6. The zero-order valence-electron chi connectivity index (χ0n) is 12.0. The molecular formula is C10H6N3Na2O7S+. The Bertz CT molecular complexity index is 872. The van der Waals surface area contributed by atoms with Gasteiger partial charge in [0.1, 0.15) is 21.6 Å². The number of phenolic OH excluding ortho intramolecular Hbond substituents is 1. The number of hydrogen-bond acceptors (Lipinski definition) is 8. The summed E-state index contributed by atoms with van der Waals surface area (Å²) in [4.78, 5) is 19.4. The third-order valence-electron chi connectivity index (χ3n) is 2.70. The molecule has 0 aromatic heterocycles. The van der Waals surface area contributed by atoms with E-state index in [2.05, 4.69) is 5.29 Å². The smallest absolute Gasteiger partial charge is 0.744 e. The molecule has 0 aliphatic heterocycles. The minimum Gasteiger partial charge on any atom is -0.744 e. The Hall–Kier alpha value is -0.790. The minimum atomic E-state index is -5.00. The molecule has 0 amide bonds. The van der Waals surface area contributed by atoms with E-state index in [1.807, 2.05) is 5.43 Å². The summed E-state index contributed by atoms with van der Waals surface area (Å²) >= 11 is 0. The molecule has 2 aromatic carbocycles. The molecule has 0 heterocycles. The standard InChI is InChI=1S/C10H7N3O7S.2Na/c14-8-4-9(21(18,19)20)7-3-5(13(16)17)1-2-6(7)10(8)11-12-15;;/h1-4,14H,(H,11,15)(H,18,19,20);;/q;2*+1/p-1. The quantitative estimate of drug-likeness (QED) is 0.138. The van der Waals surface area contributed by atoms with Gasteiger partial charge >= 0.3 is 59.1 Å². The van der Waals surface area contributed by atoms with Gasteiger partial charge in [0.25, 0.3) is 5.69 Å². The van der Waals surface area contributed by atoms with Crippen molar-refractivity contribution in [2.75, 3.05) is 5.43 Å². The maximum atomic E-state index is 11.2. The molecule has 0 radical (unpaired) electrons. The summed E-state index contributed by atoms with van der Waals surface area (Å²) in [7, 11) is -5.00. The van der Waals surface area contributed by atoms with E-state index in [1.54, 1.807) is 0 Å². The first-order chi connectivity index (χ1) is 9.75. The van der Waals surface area contributed by atoms with Gasteiger partial charge < -0.3 is 9.66 Å². The number of nitroso groups, excluding NO2 is 1. The number of rotatable bonds is 4. The third-order valence-corrected chi connectivity index (χ3v) is 3.58. The van der Waals surface area contributed by atoms with Crippen LogP contribution in [0.5, 0.6) is 5.75 Å². The second kappa shape index (κ2) is 8.35. The number of anilines is 1. The zero-order valence-corrected chi connectivity index (χ0v) is 16.8. The molecule has 0 fully saturated rings. The number of nitrogens with one attached hydrogen (secondary N) is 1. The van der Waals surface area contributed by atoms with E-state index in [0.717, 1.165) is 18.2 Å². The van der Waals surface area contributed by atoms with Gasteiger partial charge in [-0.2, -0.15) is 0 Å². The number of nitro groups is 1. The number of aromatic hydroxyl groups is 1. The van der Waals surface area contributed by atoms with Crippen LogP contribution in [-0.4, -0.2) is 23.0 Å². The topological polar surface area (TPSA) is 162 Å². The fourth-order valence-electron chi connectivity index (χ4n) is 1.85. The normalized spacial score (nSPS) is 10.3. The minimum absolute atomic E-state index is 0. The summed E-state index contributed by atoms with van der Waals surface area (Å²) in [6, 6.07) is 3.58. The molecule has 2 N–H and O–H groups in total. The number of nitro benzene ring substituents is 1. The second-order valence-electron chi connectivity index (χ2n) is 3.91. The Morgan fingerprint density at radius 2 is 1.78 bits per heavy atom. The van der Waals surface area contributed by atoms with Gasteiger partial charge in [0, 0.05) is 29.0 Å². The van der Waals surface area contributed by atoms with E-state index in [0.29, 0.717) is 6.07 Å². The van der Waals surface area contributed by atoms with E-state index < -0.39 is 31.4 Å². The molecule has 0 spiro atoms. The molecule has 0 bridgehead atoms. The van der Waals surface area contributed by atoms with E-state index in [1.165, 1.54) is 0 Å². The van der Waals surface area contributed by atoms with E-state index >= 15 is 0 Å². The second-order valence-corrected chi connectivity index (χ2v) is 5.26. The van der Waals surface area contributed by atoms with Crippen LogP contribution in [0.3, 0.4) is 0 Å². The number of benzene rings is 2. The number of nitrogens with zero attached hydrogens (tertiary/aromatic N) is 2. The first kappa shape index (κ1) is 22.2. The van der Waals surface area contributed by atoms with Gasteiger partial charge in [-0.3, -0.25) is 10.1 Å². The van der Waals surface area contributed by atoms with Gasteiger partial charge in [-0.05, 0) is 6.07 Å². The van der Waals surface area contributed by atoms with Gasteiger partial charge in [0.05, 0.1) is 15.1 Å². The van der Waals surface area contributed by atoms with Crippen molar-refractivity contribution in [3.8, 4) is 5.75 Å². The predicted octanol–water partition coefficient (Wildman–Crippen LogP) is -4.54. The van der Waals surface area contributed by atoms with Crippen molar-refractivity contribution in [2.45, 2.75) is 4.90 Å². The van der Waals surface area contributed by atoms with E-state index in [9.17, 15) is 33.1 Å². The monoisotopic (exact) mass is 358 g/mol. The SMILES string of the molecule is O=NNc1c(O)cc(S(=O)(=O)[O-])c2cc([N+](=O)[O-])ccc12.[Na+].[Na+]. The van der Waals surface area contributed by atoms with Gasteiger partial charge in [0.2, 0.25) is 0 Å². The molecule has 0 atom stereocenters. The predicted molar refractivity (Wildman–Crippen MR) is 69.6 cm³/mol. The average molecular weight is 358 g/mol. The molecule has 110 valence electrons. The van der Waals surface area contributed by atoms with Gasteiger partial charge in [0.15, 0.2) is 0 Å². The van der Waals surface area contributed by atoms with Crippen LogP contribution in [0.15, 0.2) is 34.4 Å². The first-order valence-electron chi connectivity index (χ1n) is 5.24. The Labute approximate surface area is 173 Å². The molecule has 13 heteroatoms. The molecule has 0 unspecified atom stereocenters. The summed E-state index contributed by atoms with van der Waals surface area (Å²) in [5.74, 6) is -0.703. The molecule has 10 nitrogen and oxygen atoms in total. The van der Waals surface area contributed by atoms with E-state index in [-0.39, 0.29) is 75.6 Å². The summed E-state index contributed by atoms with van der Waals surface area (Å²) in [5.41, 5.74) is 1.18. The Morgan fingerprint density at radius 3 is 2.26 bits per heavy atom. The van der Waals surface area contributed by atoms with Gasteiger partial charge in [-0.15, -0.1) is 4.91 Å². The van der Waals surface area contributed by atoms with Crippen molar-refractivity contribution in [1.29, 1.82) is 0 Å².